The predicted molar refractivity (Wildman–Crippen MR) is 120 cm³/mol. The summed E-state index contributed by atoms with van der Waals surface area (Å²) >= 11 is 4.72. The van der Waals surface area contributed by atoms with E-state index in [1.807, 2.05) is 58.2 Å². The van der Waals surface area contributed by atoms with Gasteiger partial charge in [-0.05, 0) is 52.2 Å². The Morgan fingerprint density at radius 3 is 2.15 bits per heavy atom. The van der Waals surface area contributed by atoms with Gasteiger partial charge in [-0.1, -0.05) is 36.0 Å². The largest absolute Gasteiger partial charge is 0.367 e. The number of ether oxygens (including phenoxy) is 1. The molecule has 4 nitrogen and oxygen atoms in total. The lowest BCUT2D eigenvalue weighted by Gasteiger charge is -2.45. The van der Waals surface area contributed by atoms with Crippen molar-refractivity contribution in [3.63, 3.8) is 0 Å². The summed E-state index contributed by atoms with van der Waals surface area (Å²) in [6.45, 7) is 7.56. The lowest BCUT2D eigenvalue weighted by molar-refractivity contribution is 0.139. The zero-order valence-electron chi connectivity index (χ0n) is 16.7. The number of benzene rings is 1. The Balaban J connectivity index is 2.52. The summed E-state index contributed by atoms with van der Waals surface area (Å²) in [7, 11) is -1.85. The first-order valence-electron chi connectivity index (χ1n) is 8.89. The molecule has 0 N–H and O–H groups in total. The molecule has 0 radical (unpaired) electrons. The monoisotopic (exact) mass is 448 g/mol. The molecule has 3 atom stereocenters. The fourth-order valence-electron chi connectivity index (χ4n) is 2.70. The van der Waals surface area contributed by atoms with E-state index in [9.17, 15) is 4.57 Å². The van der Waals surface area contributed by atoms with Gasteiger partial charge in [-0.2, -0.15) is 0 Å². The standard InChI is InChI=1S/C19H29O4PS3/c1-14(2)22-24(20,23-15(3)4)19(25-6)17(12-13-18(21-5)27-19)26-16-10-8-7-9-11-16/h7-15,17-18H,1-6H3/t17-,18-,19?/m1/s1. The van der Waals surface area contributed by atoms with Gasteiger partial charge in [0, 0.05) is 12.0 Å². The molecule has 0 spiro atoms. The van der Waals surface area contributed by atoms with E-state index in [0.29, 0.717) is 0 Å². The van der Waals surface area contributed by atoms with Gasteiger partial charge in [0.05, 0.1) is 17.5 Å². The molecule has 0 aromatic heterocycles. The van der Waals surface area contributed by atoms with Gasteiger partial charge in [-0.15, -0.1) is 23.5 Å². The van der Waals surface area contributed by atoms with Crippen LogP contribution in [0.2, 0.25) is 0 Å². The molecular formula is C19H29O4PS3. The van der Waals surface area contributed by atoms with Crippen molar-refractivity contribution in [1.29, 1.82) is 0 Å². The van der Waals surface area contributed by atoms with E-state index in [2.05, 4.69) is 18.2 Å². The molecule has 1 unspecified atom stereocenters. The molecule has 0 amide bonds. The maximum absolute atomic E-state index is 14.2. The first-order valence-corrected chi connectivity index (χ1v) is 13.4. The summed E-state index contributed by atoms with van der Waals surface area (Å²) in [4.78, 5) is 1.11. The minimum absolute atomic E-state index is 0.102. The van der Waals surface area contributed by atoms with Crippen molar-refractivity contribution in [2.45, 2.75) is 59.3 Å². The molecule has 1 aliphatic rings. The third-order valence-corrected chi connectivity index (χ3v) is 12.9. The minimum Gasteiger partial charge on any atom is -0.367 e. The van der Waals surface area contributed by atoms with Gasteiger partial charge in [-0.25, -0.2) is 0 Å². The molecule has 152 valence electrons. The van der Waals surface area contributed by atoms with E-state index in [1.54, 1.807) is 18.9 Å². The van der Waals surface area contributed by atoms with E-state index in [1.165, 1.54) is 23.5 Å². The number of hydrogen-bond acceptors (Lipinski definition) is 7. The molecule has 2 rings (SSSR count). The molecule has 1 aromatic carbocycles. The zero-order valence-corrected chi connectivity index (χ0v) is 20.0. The van der Waals surface area contributed by atoms with Crippen LogP contribution in [-0.2, 0) is 18.3 Å². The van der Waals surface area contributed by atoms with Crippen molar-refractivity contribution < 1.29 is 18.3 Å². The molecule has 1 aliphatic heterocycles. The number of methoxy groups -OCH3 is 1. The Kier molecular flexibility index (Phi) is 8.87. The lowest BCUT2D eigenvalue weighted by atomic mass is 10.4. The SMILES string of the molecule is CO[C@H]1C=C[C@@H](Sc2ccccc2)C(SC)(P(=O)(OC(C)C)OC(C)C)S1. The van der Waals surface area contributed by atoms with Gasteiger partial charge in [0.1, 0.15) is 5.44 Å². The van der Waals surface area contributed by atoms with Crippen molar-refractivity contribution in [2.75, 3.05) is 13.4 Å². The fourth-order valence-corrected chi connectivity index (χ4v) is 10.8. The van der Waals surface area contributed by atoms with Gasteiger partial charge in [0.15, 0.2) is 3.82 Å². The Bertz CT molecular complexity index is 654. The van der Waals surface area contributed by atoms with Crippen LogP contribution in [0.15, 0.2) is 47.4 Å². The Labute approximate surface area is 176 Å². The van der Waals surface area contributed by atoms with Gasteiger partial charge in [0.25, 0.3) is 0 Å². The quantitative estimate of drug-likeness (QED) is 0.316. The second kappa shape index (κ2) is 10.2. The summed E-state index contributed by atoms with van der Waals surface area (Å²) in [5, 5.41) is -0.102. The van der Waals surface area contributed by atoms with Crippen molar-refractivity contribution >= 4 is 42.9 Å². The molecule has 0 saturated heterocycles. The summed E-state index contributed by atoms with van der Waals surface area (Å²) in [6.07, 6.45) is 5.65. The Hall–Kier alpha value is 0.120. The Morgan fingerprint density at radius 2 is 1.67 bits per heavy atom. The fraction of sp³-hybridized carbons (Fsp3) is 0.579. The summed E-state index contributed by atoms with van der Waals surface area (Å²) in [5.41, 5.74) is -0.204. The maximum atomic E-state index is 14.2. The highest BCUT2D eigenvalue weighted by Gasteiger charge is 2.59. The van der Waals surface area contributed by atoms with Crippen molar-refractivity contribution in [2.24, 2.45) is 0 Å². The first-order chi connectivity index (χ1) is 12.8. The van der Waals surface area contributed by atoms with E-state index in [-0.39, 0.29) is 22.9 Å². The topological polar surface area (TPSA) is 44.8 Å². The zero-order chi connectivity index (χ0) is 20.1. The summed E-state index contributed by atoms with van der Waals surface area (Å²) in [5.74, 6) is 0. The average molecular weight is 449 g/mol. The van der Waals surface area contributed by atoms with Crippen LogP contribution in [0, 0.1) is 0 Å². The number of hydrogen-bond donors (Lipinski definition) is 0. The third kappa shape index (κ3) is 5.59. The number of thioether (sulfide) groups is 3. The highest BCUT2D eigenvalue weighted by Crippen LogP contribution is 2.75. The van der Waals surface area contributed by atoms with Crippen LogP contribution in [0.5, 0.6) is 0 Å². The second-order valence-corrected chi connectivity index (χ2v) is 13.2. The van der Waals surface area contributed by atoms with Gasteiger partial charge >= 0.3 is 7.60 Å². The highest BCUT2D eigenvalue weighted by molar-refractivity contribution is 8.26. The molecule has 1 aromatic rings. The van der Waals surface area contributed by atoms with Crippen LogP contribution in [0.1, 0.15) is 27.7 Å². The molecule has 0 aliphatic carbocycles. The average Bonchev–Trinajstić information content (AvgIpc) is 2.61. The lowest BCUT2D eigenvalue weighted by Crippen LogP contribution is -2.39. The van der Waals surface area contributed by atoms with Crippen LogP contribution >= 0.6 is 42.9 Å². The van der Waals surface area contributed by atoms with Crippen LogP contribution in [-0.4, -0.2) is 40.1 Å². The van der Waals surface area contributed by atoms with E-state index < -0.39 is 11.4 Å². The first kappa shape index (κ1) is 23.4. The van der Waals surface area contributed by atoms with E-state index >= 15 is 0 Å². The van der Waals surface area contributed by atoms with Crippen molar-refractivity contribution in [1.82, 2.24) is 0 Å². The van der Waals surface area contributed by atoms with Gasteiger partial charge in [0.2, 0.25) is 0 Å². The normalized spacial score (nSPS) is 26.1. The molecule has 0 bridgehead atoms. The highest BCUT2D eigenvalue weighted by atomic mass is 32.2. The summed E-state index contributed by atoms with van der Waals surface area (Å²) < 4.78 is 31.0. The third-order valence-electron chi connectivity index (χ3n) is 3.70. The predicted octanol–water partition coefficient (Wildman–Crippen LogP) is 6.48. The van der Waals surface area contributed by atoms with Crippen LogP contribution in [0.4, 0.5) is 0 Å². The molecule has 1 heterocycles. The minimum atomic E-state index is -3.51. The number of rotatable bonds is 9. The molecule has 27 heavy (non-hydrogen) atoms. The molecule has 0 saturated carbocycles. The van der Waals surface area contributed by atoms with Crippen molar-refractivity contribution in [3.05, 3.63) is 42.5 Å². The Morgan fingerprint density at radius 1 is 1.07 bits per heavy atom. The van der Waals surface area contributed by atoms with Gasteiger partial charge in [-0.3, -0.25) is 4.57 Å². The summed E-state index contributed by atoms with van der Waals surface area (Å²) in [6, 6.07) is 10.1. The van der Waals surface area contributed by atoms with Crippen LogP contribution < -0.4 is 0 Å². The van der Waals surface area contributed by atoms with Crippen molar-refractivity contribution in [3.8, 4) is 0 Å². The smallest absolute Gasteiger partial charge is 0.358 e. The molecule has 8 heteroatoms. The van der Waals surface area contributed by atoms with E-state index in [0.717, 1.165) is 4.90 Å². The second-order valence-electron chi connectivity index (χ2n) is 6.60. The molecular weight excluding hydrogens is 419 g/mol. The van der Waals surface area contributed by atoms with Gasteiger partial charge < -0.3 is 13.8 Å². The maximum Gasteiger partial charge on any atom is 0.358 e. The molecule has 0 fully saturated rings. The van der Waals surface area contributed by atoms with E-state index in [4.69, 9.17) is 13.8 Å². The van der Waals surface area contributed by atoms with Crippen LogP contribution in [0.3, 0.4) is 0 Å². The van der Waals surface area contributed by atoms with Crippen LogP contribution in [0.25, 0.3) is 0 Å².